The van der Waals surface area contributed by atoms with Crippen LogP contribution < -0.4 is 5.46 Å². The van der Waals surface area contributed by atoms with Crippen LogP contribution in [0, 0.1) is 0 Å². The highest BCUT2D eigenvalue weighted by Gasteiger charge is 2.23. The fraction of sp³-hybridized carbons (Fsp3) is 0.500. The van der Waals surface area contributed by atoms with Crippen molar-refractivity contribution < 1.29 is 0 Å². The van der Waals surface area contributed by atoms with Gasteiger partial charge in [0.25, 0.3) is 0 Å². The molecular weight excluding hydrogens is 443 g/mol. The molecule has 196 valence electrons. The minimum atomic E-state index is 0.414. The lowest BCUT2D eigenvalue weighted by atomic mass is 9.73. The second-order valence-corrected chi connectivity index (χ2v) is 12.8. The Morgan fingerprint density at radius 1 is 0.432 bits per heavy atom. The Hall–Kier alpha value is -2.28. The van der Waals surface area contributed by atoms with Crippen LogP contribution in [0.1, 0.15) is 152 Å². The molecule has 0 N–H and O–H groups in total. The summed E-state index contributed by atoms with van der Waals surface area (Å²) in [6.07, 6.45) is 0. The van der Waals surface area contributed by atoms with E-state index in [2.05, 4.69) is 126 Å². The molecule has 0 aromatic heterocycles. The van der Waals surface area contributed by atoms with Crippen LogP contribution in [-0.2, 0) is 0 Å². The van der Waals surface area contributed by atoms with Crippen LogP contribution in [0.25, 0.3) is 22.3 Å². The lowest BCUT2D eigenvalue weighted by Gasteiger charge is -2.27. The van der Waals surface area contributed by atoms with E-state index in [1.807, 2.05) is 0 Å². The van der Waals surface area contributed by atoms with E-state index in [1.54, 1.807) is 0 Å². The van der Waals surface area contributed by atoms with Gasteiger partial charge >= 0.3 is 0 Å². The summed E-state index contributed by atoms with van der Waals surface area (Å²) in [5.41, 5.74) is 14.4. The zero-order chi connectivity index (χ0) is 27.8. The van der Waals surface area contributed by atoms with Gasteiger partial charge in [-0.05, 0) is 91.1 Å². The maximum atomic E-state index is 7.22. The average Bonchev–Trinajstić information content (AvgIpc) is 2.82. The normalized spacial score (nSPS) is 12.3. The number of hydrogen-bond acceptors (Lipinski definition) is 0. The summed E-state index contributed by atoms with van der Waals surface area (Å²) in [5, 5.41) is 0. The molecule has 0 saturated carbocycles. The Balaban J connectivity index is 2.44. The second kappa shape index (κ2) is 11.6. The van der Waals surface area contributed by atoms with Crippen molar-refractivity contribution in [2.24, 2.45) is 0 Å². The summed E-state index contributed by atoms with van der Waals surface area (Å²) < 4.78 is 0. The van der Waals surface area contributed by atoms with Crippen LogP contribution in [0.15, 0.2) is 42.5 Å². The molecule has 3 rings (SSSR count). The summed E-state index contributed by atoms with van der Waals surface area (Å²) in [4.78, 5) is 0. The van der Waals surface area contributed by atoms with Crippen molar-refractivity contribution in [2.75, 3.05) is 0 Å². The molecule has 0 fully saturated rings. The van der Waals surface area contributed by atoms with Gasteiger partial charge in [-0.3, -0.25) is 0 Å². The molecule has 0 heterocycles. The van der Waals surface area contributed by atoms with Gasteiger partial charge < -0.3 is 0 Å². The molecule has 0 aliphatic carbocycles. The smallest absolute Gasteiger partial charge is 0.0812 e. The third kappa shape index (κ3) is 5.92. The minimum Gasteiger partial charge on any atom is -0.0812 e. The molecule has 0 aliphatic rings. The van der Waals surface area contributed by atoms with Crippen molar-refractivity contribution in [1.29, 1.82) is 0 Å². The third-order valence-corrected chi connectivity index (χ3v) is 7.91. The zero-order valence-corrected chi connectivity index (χ0v) is 25.6. The first kappa shape index (κ1) is 29.3. The predicted molar refractivity (Wildman–Crippen MR) is 167 cm³/mol. The van der Waals surface area contributed by atoms with E-state index >= 15 is 0 Å². The zero-order valence-electron chi connectivity index (χ0n) is 25.6. The molecule has 0 atom stereocenters. The molecular formula is C36H49B. The predicted octanol–water partition coefficient (Wildman–Crippen LogP) is 10.6. The fourth-order valence-electron chi connectivity index (χ4n) is 5.53. The van der Waals surface area contributed by atoms with Crippen LogP contribution in [-0.4, -0.2) is 7.85 Å². The molecule has 2 radical (unpaired) electrons. The van der Waals surface area contributed by atoms with Crippen LogP contribution in [0.3, 0.4) is 0 Å². The minimum absolute atomic E-state index is 0.414. The van der Waals surface area contributed by atoms with Gasteiger partial charge in [-0.15, -0.1) is 0 Å². The highest BCUT2D eigenvalue weighted by molar-refractivity contribution is 6.40. The lowest BCUT2D eigenvalue weighted by Crippen LogP contribution is -2.16. The third-order valence-electron chi connectivity index (χ3n) is 7.91. The van der Waals surface area contributed by atoms with Crippen molar-refractivity contribution in [3.63, 3.8) is 0 Å². The van der Waals surface area contributed by atoms with E-state index in [9.17, 15) is 0 Å². The van der Waals surface area contributed by atoms with Crippen molar-refractivity contribution >= 4 is 13.3 Å². The Morgan fingerprint density at radius 2 is 0.703 bits per heavy atom. The Kier molecular flexibility index (Phi) is 9.21. The first-order valence-electron chi connectivity index (χ1n) is 14.5. The van der Waals surface area contributed by atoms with Crippen LogP contribution in [0.4, 0.5) is 0 Å². The van der Waals surface area contributed by atoms with E-state index in [0.29, 0.717) is 35.5 Å². The van der Waals surface area contributed by atoms with E-state index in [-0.39, 0.29) is 0 Å². The van der Waals surface area contributed by atoms with E-state index in [1.165, 1.54) is 55.6 Å². The van der Waals surface area contributed by atoms with Gasteiger partial charge in [0.15, 0.2) is 0 Å². The van der Waals surface area contributed by atoms with Gasteiger partial charge in [-0.2, -0.15) is 0 Å². The van der Waals surface area contributed by atoms with Crippen LogP contribution in [0.2, 0.25) is 0 Å². The first-order chi connectivity index (χ1) is 17.3. The largest absolute Gasteiger partial charge is 0.115 e. The monoisotopic (exact) mass is 492 g/mol. The summed E-state index contributed by atoms with van der Waals surface area (Å²) >= 11 is 0. The van der Waals surface area contributed by atoms with Crippen LogP contribution in [0.5, 0.6) is 0 Å². The molecule has 1 heteroatoms. The number of rotatable bonds is 8. The molecule has 0 amide bonds. The Morgan fingerprint density at radius 3 is 0.919 bits per heavy atom. The maximum Gasteiger partial charge on any atom is 0.115 e. The highest BCUT2D eigenvalue weighted by atomic mass is 14.3. The Labute approximate surface area is 229 Å². The molecule has 0 nitrogen and oxygen atoms in total. The van der Waals surface area contributed by atoms with Crippen molar-refractivity contribution in [3.8, 4) is 22.3 Å². The Bertz CT molecular complexity index is 1090. The molecule has 37 heavy (non-hydrogen) atoms. The summed E-state index contributed by atoms with van der Waals surface area (Å²) in [5.74, 6) is 2.65. The van der Waals surface area contributed by atoms with E-state index < -0.39 is 0 Å². The number of hydrogen-bond donors (Lipinski definition) is 0. The van der Waals surface area contributed by atoms with Gasteiger partial charge in [0, 0.05) is 0 Å². The van der Waals surface area contributed by atoms with E-state index in [4.69, 9.17) is 7.85 Å². The molecule has 0 bridgehead atoms. The van der Waals surface area contributed by atoms with Gasteiger partial charge in [-0.25, -0.2) is 0 Å². The highest BCUT2D eigenvalue weighted by Crippen LogP contribution is 2.42. The standard InChI is InChI=1S/C36H49B/c1-20(2)26-16-30(22(5)6)34(31(17-26)23(7)8)28-14-13-15-29(36(28)37)35-32(24(9)10)18-27(21(3)4)19-33(35)25(11)12/h13-25H,1-12H3. The van der Waals surface area contributed by atoms with Crippen molar-refractivity contribution in [1.82, 2.24) is 0 Å². The van der Waals surface area contributed by atoms with Gasteiger partial charge in [-0.1, -0.05) is 131 Å². The first-order valence-corrected chi connectivity index (χ1v) is 14.5. The van der Waals surface area contributed by atoms with Crippen molar-refractivity contribution in [3.05, 3.63) is 75.8 Å². The van der Waals surface area contributed by atoms with Crippen LogP contribution >= 0.6 is 0 Å². The summed E-state index contributed by atoms with van der Waals surface area (Å²) in [6.45, 7) is 27.7. The second-order valence-electron chi connectivity index (χ2n) is 12.8. The SMILES string of the molecule is [B]c1c(-c2c(C(C)C)cc(C(C)C)cc2C(C)C)cccc1-c1c(C(C)C)cc(C(C)C)cc1C(C)C. The van der Waals surface area contributed by atoms with Gasteiger partial charge in [0.05, 0.1) is 0 Å². The maximum absolute atomic E-state index is 7.22. The van der Waals surface area contributed by atoms with E-state index in [0.717, 1.165) is 5.46 Å². The topological polar surface area (TPSA) is 0 Å². The summed E-state index contributed by atoms with van der Waals surface area (Å²) in [7, 11) is 7.22. The fourth-order valence-corrected chi connectivity index (χ4v) is 5.53. The molecule has 0 saturated heterocycles. The molecule has 0 aliphatic heterocycles. The molecule has 3 aromatic rings. The van der Waals surface area contributed by atoms with Crippen molar-refractivity contribution in [2.45, 2.75) is 119 Å². The lowest BCUT2D eigenvalue weighted by molar-refractivity contribution is 0.807. The van der Waals surface area contributed by atoms with Gasteiger partial charge in [0.1, 0.15) is 7.85 Å². The molecule has 3 aromatic carbocycles. The average molecular weight is 493 g/mol. The molecule has 0 unspecified atom stereocenters. The summed E-state index contributed by atoms with van der Waals surface area (Å²) in [6, 6.07) is 16.4. The van der Waals surface area contributed by atoms with Gasteiger partial charge in [0.2, 0.25) is 0 Å². The quantitative estimate of drug-likeness (QED) is 0.274. The molecule has 0 spiro atoms. The number of benzene rings is 3.